The van der Waals surface area contributed by atoms with E-state index in [1.165, 1.54) is 134 Å². The number of hydrogen-bond donors (Lipinski definition) is 1. The summed E-state index contributed by atoms with van der Waals surface area (Å²) in [5.74, 6) is -0.615. The smallest absolute Gasteiger partial charge is 0.472 e. The second-order valence-corrected chi connectivity index (χ2v) is 17.5. The highest BCUT2D eigenvalue weighted by atomic mass is 31.2. The molecule has 0 aromatic rings. The van der Waals surface area contributed by atoms with E-state index in [0.29, 0.717) is 11.0 Å². The second-order valence-electron chi connectivity index (χ2n) is 16.0. The Morgan fingerprint density at radius 2 is 0.982 bits per heavy atom. The van der Waals surface area contributed by atoms with Crippen molar-refractivity contribution in [1.82, 2.24) is 0 Å². The lowest BCUT2D eigenvalue weighted by atomic mass is 10.0. The molecule has 9 heteroatoms. The van der Waals surface area contributed by atoms with E-state index in [-0.39, 0.29) is 19.8 Å². The topological polar surface area (TPSA) is 91.3 Å². The van der Waals surface area contributed by atoms with Gasteiger partial charge in [-0.15, -0.1) is 0 Å². The number of quaternary nitrogens is 1. The molecule has 0 rings (SSSR count). The number of phosphoric ester groups is 1. The van der Waals surface area contributed by atoms with Crippen molar-refractivity contribution >= 4 is 13.8 Å². The van der Waals surface area contributed by atoms with Gasteiger partial charge in [-0.3, -0.25) is 9.05 Å². The van der Waals surface area contributed by atoms with Crippen molar-refractivity contribution in [3.63, 3.8) is 0 Å². The molecular formula is C48H85NO7P+. The molecule has 0 aliphatic rings. The van der Waals surface area contributed by atoms with Gasteiger partial charge in [0.05, 0.1) is 34.0 Å². The van der Waals surface area contributed by atoms with E-state index >= 15 is 0 Å². The maximum atomic E-state index is 12.6. The first kappa shape index (κ1) is 54.5. The quantitative estimate of drug-likeness (QED) is 0.0125. The summed E-state index contributed by atoms with van der Waals surface area (Å²) >= 11 is 0. The molecule has 0 saturated heterocycles. The van der Waals surface area contributed by atoms with Crippen molar-refractivity contribution in [1.29, 1.82) is 0 Å². The van der Waals surface area contributed by atoms with E-state index in [1.807, 2.05) is 69.8 Å². The highest BCUT2D eigenvalue weighted by molar-refractivity contribution is 7.47. The minimum Gasteiger partial charge on any atom is -0.498 e. The van der Waals surface area contributed by atoms with E-state index in [9.17, 15) is 14.3 Å². The van der Waals surface area contributed by atoms with Crippen LogP contribution in [0.15, 0.2) is 85.3 Å². The number of esters is 1. The first-order chi connectivity index (χ1) is 27.6. The number of unbranched alkanes of at least 4 members (excludes halogenated alkanes) is 21. The Hall–Kier alpha value is -2.48. The van der Waals surface area contributed by atoms with Crippen LogP contribution in [0.2, 0.25) is 0 Å². The predicted molar refractivity (Wildman–Crippen MR) is 242 cm³/mol. The Labute approximate surface area is 350 Å². The predicted octanol–water partition coefficient (Wildman–Crippen LogP) is 13.6. The van der Waals surface area contributed by atoms with Gasteiger partial charge in [0.15, 0.2) is 6.10 Å². The third-order valence-electron chi connectivity index (χ3n) is 9.26. The van der Waals surface area contributed by atoms with Gasteiger partial charge in [0.2, 0.25) is 0 Å². The molecule has 2 atom stereocenters. The number of phosphoric acid groups is 1. The van der Waals surface area contributed by atoms with E-state index in [4.69, 9.17) is 18.5 Å². The first-order valence-corrected chi connectivity index (χ1v) is 24.0. The number of ether oxygens (including phenoxy) is 2. The summed E-state index contributed by atoms with van der Waals surface area (Å²) < 4.78 is 34.5. The van der Waals surface area contributed by atoms with Crippen LogP contribution in [0.1, 0.15) is 162 Å². The SMILES string of the molecule is CCCCCCCCCC=CC=CC=CC=CC=CC=CC(=O)OC(CO/C=C\CCCCCCCCCCCCCCCC)COP(=O)(O)OCC[N+](C)(C)C. The van der Waals surface area contributed by atoms with Crippen LogP contribution in [0, 0.1) is 0 Å². The van der Waals surface area contributed by atoms with Crippen LogP contribution < -0.4 is 0 Å². The molecule has 0 aliphatic heterocycles. The van der Waals surface area contributed by atoms with Crippen molar-refractivity contribution in [3.05, 3.63) is 85.3 Å². The molecule has 8 nitrogen and oxygen atoms in total. The minimum atomic E-state index is -4.34. The van der Waals surface area contributed by atoms with Crippen molar-refractivity contribution < 1.29 is 37.3 Å². The van der Waals surface area contributed by atoms with E-state index in [0.717, 1.165) is 19.3 Å². The summed E-state index contributed by atoms with van der Waals surface area (Å²) in [6.45, 7) is 4.72. The molecule has 0 aromatic heterocycles. The number of allylic oxidation sites excluding steroid dienone is 12. The van der Waals surface area contributed by atoms with Gasteiger partial charge in [0, 0.05) is 6.08 Å². The van der Waals surface area contributed by atoms with E-state index in [1.54, 1.807) is 18.4 Å². The van der Waals surface area contributed by atoms with Gasteiger partial charge in [0.25, 0.3) is 0 Å². The average molecular weight is 819 g/mol. The van der Waals surface area contributed by atoms with Gasteiger partial charge in [-0.25, -0.2) is 9.36 Å². The van der Waals surface area contributed by atoms with Crippen molar-refractivity contribution in [2.75, 3.05) is 47.5 Å². The van der Waals surface area contributed by atoms with Gasteiger partial charge < -0.3 is 18.9 Å². The molecule has 0 aromatic carbocycles. The second kappa shape index (κ2) is 40.3. The number of rotatable bonds is 40. The van der Waals surface area contributed by atoms with E-state index < -0.39 is 19.9 Å². The van der Waals surface area contributed by atoms with Crippen LogP contribution in [-0.4, -0.2) is 69.0 Å². The van der Waals surface area contributed by atoms with Gasteiger partial charge in [-0.2, -0.15) is 0 Å². The van der Waals surface area contributed by atoms with Crippen LogP contribution in [0.25, 0.3) is 0 Å². The highest BCUT2D eigenvalue weighted by Gasteiger charge is 2.26. The summed E-state index contributed by atoms with van der Waals surface area (Å²) in [5.41, 5.74) is 0. The molecule has 0 aliphatic carbocycles. The molecule has 0 amide bonds. The zero-order valence-corrected chi connectivity index (χ0v) is 37.9. The molecule has 0 bridgehead atoms. The lowest BCUT2D eigenvalue weighted by Gasteiger charge is -2.24. The molecule has 57 heavy (non-hydrogen) atoms. The fourth-order valence-corrected chi connectivity index (χ4v) is 6.50. The highest BCUT2D eigenvalue weighted by Crippen LogP contribution is 2.43. The van der Waals surface area contributed by atoms with Crippen LogP contribution in [-0.2, 0) is 27.9 Å². The lowest BCUT2D eigenvalue weighted by Crippen LogP contribution is -2.37. The van der Waals surface area contributed by atoms with Crippen molar-refractivity contribution in [2.24, 2.45) is 0 Å². The molecule has 0 saturated carbocycles. The lowest BCUT2D eigenvalue weighted by molar-refractivity contribution is -0.870. The average Bonchev–Trinajstić information content (AvgIpc) is 3.16. The zero-order chi connectivity index (χ0) is 42.0. The summed E-state index contributed by atoms with van der Waals surface area (Å²) in [6, 6.07) is 0. The fourth-order valence-electron chi connectivity index (χ4n) is 5.76. The minimum absolute atomic E-state index is 0.0258. The zero-order valence-electron chi connectivity index (χ0n) is 37.0. The van der Waals surface area contributed by atoms with Gasteiger partial charge >= 0.3 is 13.8 Å². The Balaban J connectivity index is 4.54. The number of hydrogen-bond acceptors (Lipinski definition) is 6. The maximum Gasteiger partial charge on any atom is 0.472 e. The van der Waals surface area contributed by atoms with Crippen LogP contribution in [0.5, 0.6) is 0 Å². The van der Waals surface area contributed by atoms with Gasteiger partial charge in [-0.1, -0.05) is 203 Å². The summed E-state index contributed by atoms with van der Waals surface area (Å²) in [5, 5.41) is 0. The maximum absolute atomic E-state index is 12.6. The third-order valence-corrected chi connectivity index (χ3v) is 10.2. The standard InChI is InChI=1S/C48H84NO7P/c1-6-8-10-12-14-16-18-20-22-24-25-26-27-29-31-33-35-37-39-41-48(50)56-47(46-55-57(51,52)54-44-42-49(3,4)5)45-53-43-40-38-36-34-32-30-28-23-21-19-17-15-13-11-9-7-2/h22,24-27,29,31,33,35,37,39-41,43,47H,6-21,23,28,30,32,34,36,38,42,44-46H2,1-5H3/p+1/b24-22?,26-25?,29-27?,33-31?,37-35?,41-39?,43-40-. The molecular weight excluding hydrogens is 734 g/mol. The Morgan fingerprint density at radius 1 is 0.561 bits per heavy atom. The Kier molecular flexibility index (Phi) is 38.6. The van der Waals surface area contributed by atoms with Crippen LogP contribution in [0.3, 0.4) is 0 Å². The fraction of sp³-hybridized carbons (Fsp3) is 0.688. The largest absolute Gasteiger partial charge is 0.498 e. The summed E-state index contributed by atoms with van der Waals surface area (Å²) in [6.07, 6.45) is 55.0. The molecule has 2 unspecified atom stereocenters. The molecule has 0 heterocycles. The monoisotopic (exact) mass is 819 g/mol. The normalized spacial score (nSPS) is 14.5. The van der Waals surface area contributed by atoms with Crippen molar-refractivity contribution in [3.8, 4) is 0 Å². The number of carbonyl (C=O) groups excluding carboxylic acids is 1. The number of nitrogens with zero attached hydrogens (tertiary/aromatic N) is 1. The molecule has 0 radical (unpaired) electrons. The first-order valence-electron chi connectivity index (χ1n) is 22.5. The van der Waals surface area contributed by atoms with Crippen molar-refractivity contribution in [2.45, 2.75) is 168 Å². The molecule has 0 fully saturated rings. The summed E-state index contributed by atoms with van der Waals surface area (Å²) in [7, 11) is 1.54. The molecule has 1 N–H and O–H groups in total. The Morgan fingerprint density at radius 3 is 1.46 bits per heavy atom. The van der Waals surface area contributed by atoms with Gasteiger partial charge in [0.1, 0.15) is 19.8 Å². The summed E-state index contributed by atoms with van der Waals surface area (Å²) in [4.78, 5) is 22.7. The van der Waals surface area contributed by atoms with Gasteiger partial charge in [-0.05, 0) is 31.8 Å². The third kappa shape index (κ3) is 44.5. The number of carbonyl (C=O) groups is 1. The van der Waals surface area contributed by atoms with E-state index in [2.05, 4.69) is 26.0 Å². The number of likely N-dealkylation sites (N-methyl/N-ethyl adjacent to an activating group) is 1. The molecule has 0 spiro atoms. The van der Waals surface area contributed by atoms with Crippen LogP contribution in [0.4, 0.5) is 0 Å². The molecule has 328 valence electrons. The Bertz CT molecular complexity index is 1180. The van der Waals surface area contributed by atoms with Crippen LogP contribution >= 0.6 is 7.82 Å².